The van der Waals surface area contributed by atoms with E-state index in [2.05, 4.69) is 5.10 Å². The van der Waals surface area contributed by atoms with Crippen molar-refractivity contribution in [3.8, 4) is 0 Å². The lowest BCUT2D eigenvalue weighted by Gasteiger charge is -2.25. The highest BCUT2D eigenvalue weighted by Gasteiger charge is 2.23. The van der Waals surface area contributed by atoms with Crippen molar-refractivity contribution in [2.45, 2.75) is 52.7 Å². The molecule has 80 valence electrons. The van der Waals surface area contributed by atoms with Gasteiger partial charge in [0.2, 0.25) is 0 Å². The highest BCUT2D eigenvalue weighted by molar-refractivity contribution is 5.07. The van der Waals surface area contributed by atoms with Gasteiger partial charge in [-0.05, 0) is 32.8 Å². The van der Waals surface area contributed by atoms with Gasteiger partial charge in [0, 0.05) is 5.69 Å². The average molecular weight is 196 g/mol. The Kier molecular flexibility index (Phi) is 3.32. The molecule has 1 heterocycles. The first-order chi connectivity index (χ1) is 6.50. The zero-order valence-electron chi connectivity index (χ0n) is 9.54. The van der Waals surface area contributed by atoms with Gasteiger partial charge in [-0.3, -0.25) is 4.68 Å². The van der Waals surface area contributed by atoms with Crippen molar-refractivity contribution in [2.24, 2.45) is 0 Å². The molecule has 1 N–H and O–H groups in total. The van der Waals surface area contributed by atoms with Crippen LogP contribution in [0, 0.1) is 13.8 Å². The Hall–Kier alpha value is -0.830. The van der Waals surface area contributed by atoms with Crippen molar-refractivity contribution in [3.63, 3.8) is 0 Å². The Labute approximate surface area is 85.8 Å². The molecule has 3 nitrogen and oxygen atoms in total. The molecule has 1 aromatic rings. The quantitative estimate of drug-likeness (QED) is 0.800. The minimum atomic E-state index is -0.608. The van der Waals surface area contributed by atoms with Crippen LogP contribution in [0.2, 0.25) is 0 Å². The van der Waals surface area contributed by atoms with Crippen molar-refractivity contribution in [2.75, 3.05) is 0 Å². The van der Waals surface area contributed by atoms with Crippen LogP contribution in [0.15, 0.2) is 6.07 Å². The van der Waals surface area contributed by atoms with Gasteiger partial charge < -0.3 is 5.11 Å². The molecule has 1 aromatic heterocycles. The highest BCUT2D eigenvalue weighted by Crippen LogP contribution is 2.18. The lowest BCUT2D eigenvalue weighted by atomic mass is 9.98. The van der Waals surface area contributed by atoms with Gasteiger partial charge in [-0.2, -0.15) is 5.10 Å². The summed E-state index contributed by atoms with van der Waals surface area (Å²) in [4.78, 5) is 0. The van der Waals surface area contributed by atoms with Gasteiger partial charge in [-0.25, -0.2) is 0 Å². The smallest absolute Gasteiger partial charge is 0.0837 e. The summed E-state index contributed by atoms with van der Waals surface area (Å²) in [6.45, 7) is 8.61. The zero-order chi connectivity index (χ0) is 10.8. The lowest BCUT2D eigenvalue weighted by Crippen LogP contribution is -2.33. The Bertz CT molecular complexity index is 300. The Morgan fingerprint density at radius 3 is 2.29 bits per heavy atom. The molecule has 0 saturated carbocycles. The van der Waals surface area contributed by atoms with Gasteiger partial charge in [0.1, 0.15) is 0 Å². The molecule has 0 bridgehead atoms. The zero-order valence-corrected chi connectivity index (χ0v) is 9.54. The second kappa shape index (κ2) is 4.13. The SMILES string of the molecule is CCC(O)(CC)Cn1nc(C)cc1C. The lowest BCUT2D eigenvalue weighted by molar-refractivity contribution is 0.0113. The fraction of sp³-hybridized carbons (Fsp3) is 0.727. The van der Waals surface area contributed by atoms with Gasteiger partial charge in [0.15, 0.2) is 0 Å². The predicted molar refractivity (Wildman–Crippen MR) is 57.2 cm³/mol. The Morgan fingerprint density at radius 2 is 1.93 bits per heavy atom. The second-order valence-electron chi connectivity index (χ2n) is 4.02. The normalized spacial score (nSPS) is 12.1. The number of nitrogens with zero attached hydrogens (tertiary/aromatic N) is 2. The van der Waals surface area contributed by atoms with Crippen LogP contribution in [-0.2, 0) is 6.54 Å². The average Bonchev–Trinajstić information content (AvgIpc) is 2.45. The van der Waals surface area contributed by atoms with Crippen molar-refractivity contribution < 1.29 is 5.11 Å². The molecule has 0 unspecified atom stereocenters. The number of hydrogen-bond donors (Lipinski definition) is 1. The van der Waals surface area contributed by atoms with Crippen LogP contribution in [0.1, 0.15) is 38.1 Å². The van der Waals surface area contributed by atoms with Gasteiger partial charge in [0.25, 0.3) is 0 Å². The third-order valence-corrected chi connectivity index (χ3v) is 2.86. The third kappa shape index (κ3) is 2.35. The summed E-state index contributed by atoms with van der Waals surface area (Å²) in [6.07, 6.45) is 1.53. The van der Waals surface area contributed by atoms with Crippen molar-refractivity contribution in [1.82, 2.24) is 9.78 Å². The Morgan fingerprint density at radius 1 is 1.36 bits per heavy atom. The molecule has 0 aliphatic heterocycles. The maximum absolute atomic E-state index is 10.2. The predicted octanol–water partition coefficient (Wildman–Crippen LogP) is 2.05. The first-order valence-corrected chi connectivity index (χ1v) is 5.24. The Balaban J connectivity index is 2.81. The molecule has 14 heavy (non-hydrogen) atoms. The molecule has 0 radical (unpaired) electrons. The van der Waals surface area contributed by atoms with Crippen molar-refractivity contribution >= 4 is 0 Å². The summed E-state index contributed by atoms with van der Waals surface area (Å²) >= 11 is 0. The molecular formula is C11H20N2O. The first kappa shape index (κ1) is 11.2. The topological polar surface area (TPSA) is 38.0 Å². The minimum absolute atomic E-state index is 0.597. The molecule has 1 rings (SSSR count). The van der Waals surface area contributed by atoms with Crippen LogP contribution < -0.4 is 0 Å². The van der Waals surface area contributed by atoms with Crippen LogP contribution >= 0.6 is 0 Å². The van der Waals surface area contributed by atoms with Crippen LogP contribution in [0.5, 0.6) is 0 Å². The fourth-order valence-corrected chi connectivity index (χ4v) is 1.59. The van der Waals surface area contributed by atoms with E-state index in [4.69, 9.17) is 0 Å². The number of aromatic nitrogens is 2. The number of aryl methyl sites for hydroxylation is 2. The number of rotatable bonds is 4. The maximum atomic E-state index is 10.2. The molecule has 0 aliphatic carbocycles. The third-order valence-electron chi connectivity index (χ3n) is 2.86. The van der Waals surface area contributed by atoms with Crippen molar-refractivity contribution in [3.05, 3.63) is 17.5 Å². The first-order valence-electron chi connectivity index (χ1n) is 5.24. The summed E-state index contributed by atoms with van der Waals surface area (Å²) in [5.41, 5.74) is 1.52. The van der Waals surface area contributed by atoms with Crippen LogP contribution in [-0.4, -0.2) is 20.5 Å². The van der Waals surface area contributed by atoms with E-state index in [1.54, 1.807) is 0 Å². The number of aliphatic hydroxyl groups is 1. The van der Waals surface area contributed by atoms with Gasteiger partial charge in [-0.1, -0.05) is 13.8 Å². The van der Waals surface area contributed by atoms with Crippen LogP contribution in [0.4, 0.5) is 0 Å². The monoisotopic (exact) mass is 196 g/mol. The summed E-state index contributed by atoms with van der Waals surface area (Å²) < 4.78 is 1.89. The standard InChI is InChI=1S/C11H20N2O/c1-5-11(14,6-2)8-13-10(4)7-9(3)12-13/h7,14H,5-6,8H2,1-4H3. The summed E-state index contributed by atoms with van der Waals surface area (Å²) in [5, 5.41) is 14.5. The molecule has 0 amide bonds. The van der Waals surface area contributed by atoms with E-state index in [0.717, 1.165) is 24.2 Å². The summed E-state index contributed by atoms with van der Waals surface area (Å²) in [7, 11) is 0. The van der Waals surface area contributed by atoms with E-state index >= 15 is 0 Å². The minimum Gasteiger partial charge on any atom is -0.388 e. The summed E-state index contributed by atoms with van der Waals surface area (Å²) in [5.74, 6) is 0. The van der Waals surface area contributed by atoms with E-state index in [9.17, 15) is 5.11 Å². The van der Waals surface area contributed by atoms with Crippen LogP contribution in [0.3, 0.4) is 0 Å². The maximum Gasteiger partial charge on any atom is 0.0837 e. The molecule has 0 fully saturated rings. The molecule has 0 aliphatic rings. The van der Waals surface area contributed by atoms with Gasteiger partial charge in [0.05, 0.1) is 17.8 Å². The van der Waals surface area contributed by atoms with E-state index in [-0.39, 0.29) is 0 Å². The molecule has 3 heteroatoms. The fourth-order valence-electron chi connectivity index (χ4n) is 1.59. The van der Waals surface area contributed by atoms with Gasteiger partial charge in [-0.15, -0.1) is 0 Å². The molecule has 0 saturated heterocycles. The molecular weight excluding hydrogens is 176 g/mol. The van der Waals surface area contributed by atoms with E-state index in [1.807, 2.05) is 38.4 Å². The molecule has 0 spiro atoms. The van der Waals surface area contributed by atoms with Gasteiger partial charge >= 0.3 is 0 Å². The largest absolute Gasteiger partial charge is 0.388 e. The van der Waals surface area contributed by atoms with E-state index < -0.39 is 5.60 Å². The number of hydrogen-bond acceptors (Lipinski definition) is 2. The van der Waals surface area contributed by atoms with E-state index in [0.29, 0.717) is 6.54 Å². The highest BCUT2D eigenvalue weighted by atomic mass is 16.3. The molecule has 0 atom stereocenters. The molecule has 0 aromatic carbocycles. The second-order valence-corrected chi connectivity index (χ2v) is 4.02. The van der Waals surface area contributed by atoms with Crippen molar-refractivity contribution in [1.29, 1.82) is 0 Å². The summed E-state index contributed by atoms with van der Waals surface area (Å²) in [6, 6.07) is 2.03. The van der Waals surface area contributed by atoms with E-state index in [1.165, 1.54) is 0 Å². The van der Waals surface area contributed by atoms with Crippen LogP contribution in [0.25, 0.3) is 0 Å².